The number of rotatable bonds is 3. The number of ether oxygens (including phenoxy) is 1. The van der Waals surface area contributed by atoms with Gasteiger partial charge in [0.05, 0.1) is 24.6 Å². The Hall–Kier alpha value is -2.30. The van der Waals surface area contributed by atoms with Gasteiger partial charge in [-0.1, -0.05) is 25.0 Å². The van der Waals surface area contributed by atoms with Gasteiger partial charge in [-0.15, -0.1) is 0 Å². The summed E-state index contributed by atoms with van der Waals surface area (Å²) in [6.07, 6.45) is 9.07. The van der Waals surface area contributed by atoms with E-state index in [4.69, 9.17) is 4.74 Å². The van der Waals surface area contributed by atoms with Gasteiger partial charge >= 0.3 is 0 Å². The SMILES string of the molecule is COc1cccc(-c2c(C(=O)N3CCCC4CCCCC43)cnn2C)c1. The van der Waals surface area contributed by atoms with Crippen molar-refractivity contribution in [1.29, 1.82) is 0 Å². The van der Waals surface area contributed by atoms with Gasteiger partial charge in [0.2, 0.25) is 0 Å². The summed E-state index contributed by atoms with van der Waals surface area (Å²) in [6, 6.07) is 8.25. The Morgan fingerprint density at radius 3 is 2.85 bits per heavy atom. The van der Waals surface area contributed by atoms with E-state index < -0.39 is 0 Å². The molecule has 0 N–H and O–H groups in total. The minimum absolute atomic E-state index is 0.132. The first kappa shape index (κ1) is 17.1. The average molecular weight is 353 g/mol. The van der Waals surface area contributed by atoms with Crippen LogP contribution in [0.1, 0.15) is 48.9 Å². The zero-order chi connectivity index (χ0) is 18.1. The fraction of sp³-hybridized carbons (Fsp3) is 0.524. The van der Waals surface area contributed by atoms with Gasteiger partial charge in [-0.05, 0) is 43.7 Å². The van der Waals surface area contributed by atoms with E-state index in [1.54, 1.807) is 18.0 Å². The number of aryl methyl sites for hydroxylation is 1. The Bertz CT molecular complexity index is 796. The number of aromatic nitrogens is 2. The molecule has 1 aromatic heterocycles. The summed E-state index contributed by atoms with van der Waals surface area (Å²) >= 11 is 0. The van der Waals surface area contributed by atoms with E-state index >= 15 is 0 Å². The number of benzene rings is 1. The highest BCUT2D eigenvalue weighted by Crippen LogP contribution is 2.37. The van der Waals surface area contributed by atoms with Crippen LogP contribution in [0.25, 0.3) is 11.3 Å². The third-order valence-electron chi connectivity index (χ3n) is 6.02. The van der Waals surface area contributed by atoms with Crippen molar-refractivity contribution in [3.8, 4) is 17.0 Å². The van der Waals surface area contributed by atoms with E-state index in [1.165, 1.54) is 25.7 Å². The van der Waals surface area contributed by atoms with Crippen LogP contribution >= 0.6 is 0 Å². The number of piperidine rings is 1. The van der Waals surface area contributed by atoms with E-state index in [-0.39, 0.29) is 5.91 Å². The molecule has 1 amide bonds. The molecule has 1 aromatic carbocycles. The van der Waals surface area contributed by atoms with Crippen molar-refractivity contribution < 1.29 is 9.53 Å². The minimum atomic E-state index is 0.132. The molecular formula is C21H27N3O2. The molecule has 138 valence electrons. The van der Waals surface area contributed by atoms with E-state index in [9.17, 15) is 4.79 Å². The molecule has 0 bridgehead atoms. The van der Waals surface area contributed by atoms with Crippen molar-refractivity contribution in [3.05, 3.63) is 36.0 Å². The first-order valence-electron chi connectivity index (χ1n) is 9.66. The number of methoxy groups -OCH3 is 1. The lowest BCUT2D eigenvalue weighted by molar-refractivity contribution is 0.0391. The van der Waals surface area contributed by atoms with Crippen molar-refractivity contribution in [1.82, 2.24) is 14.7 Å². The van der Waals surface area contributed by atoms with Gasteiger partial charge in [-0.25, -0.2) is 0 Å². The topological polar surface area (TPSA) is 47.4 Å². The number of hydrogen-bond acceptors (Lipinski definition) is 3. The van der Waals surface area contributed by atoms with E-state index in [1.807, 2.05) is 31.3 Å². The monoisotopic (exact) mass is 353 g/mol. The highest BCUT2D eigenvalue weighted by Gasteiger charge is 2.37. The molecule has 1 saturated carbocycles. The quantitative estimate of drug-likeness (QED) is 0.841. The molecule has 1 saturated heterocycles. The molecule has 0 spiro atoms. The number of likely N-dealkylation sites (tertiary alicyclic amines) is 1. The highest BCUT2D eigenvalue weighted by atomic mass is 16.5. The zero-order valence-corrected chi connectivity index (χ0v) is 15.6. The molecule has 2 unspecified atom stereocenters. The lowest BCUT2D eigenvalue weighted by Crippen LogP contribution is -2.49. The van der Waals surface area contributed by atoms with Crippen LogP contribution in [0.4, 0.5) is 0 Å². The maximum atomic E-state index is 13.5. The van der Waals surface area contributed by atoms with Crippen LogP contribution in [-0.4, -0.2) is 40.3 Å². The van der Waals surface area contributed by atoms with Crippen LogP contribution in [-0.2, 0) is 7.05 Å². The van der Waals surface area contributed by atoms with Crippen molar-refractivity contribution in [2.75, 3.05) is 13.7 Å². The number of hydrogen-bond donors (Lipinski definition) is 0. The van der Waals surface area contributed by atoms with Crippen LogP contribution in [0.15, 0.2) is 30.5 Å². The minimum Gasteiger partial charge on any atom is -0.497 e. The summed E-state index contributed by atoms with van der Waals surface area (Å²) in [7, 11) is 3.55. The predicted molar refractivity (Wildman–Crippen MR) is 101 cm³/mol. The molecule has 5 heteroatoms. The van der Waals surface area contributed by atoms with Crippen LogP contribution < -0.4 is 4.74 Å². The van der Waals surface area contributed by atoms with Crippen molar-refractivity contribution in [3.63, 3.8) is 0 Å². The van der Waals surface area contributed by atoms with Crippen molar-refractivity contribution in [2.45, 2.75) is 44.6 Å². The number of amides is 1. The molecule has 0 radical (unpaired) electrons. The largest absolute Gasteiger partial charge is 0.497 e. The summed E-state index contributed by atoms with van der Waals surface area (Å²) in [5.41, 5.74) is 2.53. The molecule has 2 fully saturated rings. The number of fused-ring (bicyclic) bond motifs is 1. The molecule has 26 heavy (non-hydrogen) atoms. The maximum Gasteiger partial charge on any atom is 0.257 e. The lowest BCUT2D eigenvalue weighted by atomic mass is 9.78. The van der Waals surface area contributed by atoms with E-state index in [2.05, 4.69) is 10.00 Å². The van der Waals surface area contributed by atoms with Gasteiger partial charge in [-0.2, -0.15) is 5.10 Å². The molecule has 2 atom stereocenters. The lowest BCUT2D eigenvalue weighted by Gasteiger charge is -2.44. The van der Waals surface area contributed by atoms with E-state index in [0.717, 1.165) is 36.4 Å². The number of carbonyl (C=O) groups excluding carboxylic acids is 1. The Balaban J connectivity index is 1.68. The summed E-state index contributed by atoms with van der Waals surface area (Å²) < 4.78 is 7.15. The third kappa shape index (κ3) is 3.00. The van der Waals surface area contributed by atoms with Crippen LogP contribution in [0.5, 0.6) is 5.75 Å². The summed E-state index contributed by atoms with van der Waals surface area (Å²) in [6.45, 7) is 0.868. The summed E-state index contributed by atoms with van der Waals surface area (Å²) in [5, 5.41) is 4.40. The smallest absolute Gasteiger partial charge is 0.257 e. The van der Waals surface area contributed by atoms with Crippen molar-refractivity contribution in [2.24, 2.45) is 13.0 Å². The second kappa shape index (κ2) is 7.14. The third-order valence-corrected chi connectivity index (χ3v) is 6.02. The first-order valence-corrected chi connectivity index (χ1v) is 9.66. The summed E-state index contributed by atoms with van der Waals surface area (Å²) in [5.74, 6) is 1.60. The van der Waals surface area contributed by atoms with Gasteiger partial charge in [-0.3, -0.25) is 9.48 Å². The fourth-order valence-electron chi connectivity index (χ4n) is 4.74. The number of carbonyl (C=O) groups is 1. The number of nitrogens with zero attached hydrogens (tertiary/aromatic N) is 3. The average Bonchev–Trinajstić information content (AvgIpc) is 3.08. The van der Waals surface area contributed by atoms with Gasteiger partial charge < -0.3 is 9.64 Å². The first-order chi connectivity index (χ1) is 12.7. The molecule has 1 aliphatic heterocycles. The molecule has 2 heterocycles. The Kier molecular flexibility index (Phi) is 4.70. The van der Waals surface area contributed by atoms with Gasteiger partial charge in [0, 0.05) is 25.2 Å². The summed E-state index contributed by atoms with van der Waals surface area (Å²) in [4.78, 5) is 15.6. The zero-order valence-electron chi connectivity index (χ0n) is 15.6. The van der Waals surface area contributed by atoms with Crippen LogP contribution in [0.3, 0.4) is 0 Å². The normalized spacial score (nSPS) is 22.8. The molecule has 1 aliphatic carbocycles. The molecule has 2 aliphatic rings. The maximum absolute atomic E-state index is 13.5. The fourth-order valence-corrected chi connectivity index (χ4v) is 4.74. The molecule has 4 rings (SSSR count). The molecule has 2 aromatic rings. The van der Waals surface area contributed by atoms with Gasteiger partial charge in [0.15, 0.2) is 0 Å². The standard InChI is InChI=1S/C21H27N3O2/c1-23-20(16-8-5-10-17(13-16)26-2)18(14-22-23)21(25)24-12-6-9-15-7-3-4-11-19(15)24/h5,8,10,13-15,19H,3-4,6-7,9,11-12H2,1-2H3. The second-order valence-electron chi connectivity index (χ2n) is 7.52. The van der Waals surface area contributed by atoms with Gasteiger partial charge in [0.1, 0.15) is 5.75 Å². The second-order valence-corrected chi connectivity index (χ2v) is 7.52. The van der Waals surface area contributed by atoms with Crippen LogP contribution in [0.2, 0.25) is 0 Å². The Morgan fingerprint density at radius 2 is 2.00 bits per heavy atom. The van der Waals surface area contributed by atoms with Crippen LogP contribution in [0, 0.1) is 5.92 Å². The van der Waals surface area contributed by atoms with Gasteiger partial charge in [0.25, 0.3) is 5.91 Å². The molecular weight excluding hydrogens is 326 g/mol. The Morgan fingerprint density at radius 1 is 1.19 bits per heavy atom. The Labute approximate surface area is 154 Å². The predicted octanol–water partition coefficient (Wildman–Crippen LogP) is 3.89. The van der Waals surface area contributed by atoms with Crippen molar-refractivity contribution >= 4 is 5.91 Å². The molecule has 5 nitrogen and oxygen atoms in total. The highest BCUT2D eigenvalue weighted by molar-refractivity contribution is 6.00. The van der Waals surface area contributed by atoms with E-state index in [0.29, 0.717) is 17.5 Å².